The SMILES string of the molecule is OCC1O[C@@H](n2cnc3c2NC=NC[C@H]3O)C[C@H]1O. The Hall–Kier alpha value is -1.48. The number of aliphatic hydroxyl groups excluding tert-OH is 3. The molecule has 0 radical (unpaired) electrons. The number of anilines is 1. The molecular formula is C11H16N4O4. The molecule has 1 fully saturated rings. The fourth-order valence-electron chi connectivity index (χ4n) is 2.38. The fraction of sp³-hybridized carbons (Fsp3) is 0.636. The Labute approximate surface area is 109 Å². The number of hydrogen-bond acceptors (Lipinski definition) is 7. The van der Waals surface area contributed by atoms with Gasteiger partial charge in [0.05, 0.1) is 31.9 Å². The minimum absolute atomic E-state index is 0.230. The number of fused-ring (bicyclic) bond motifs is 1. The van der Waals surface area contributed by atoms with Crippen molar-refractivity contribution in [3.05, 3.63) is 12.0 Å². The molecule has 104 valence electrons. The van der Waals surface area contributed by atoms with Crippen molar-refractivity contribution in [1.82, 2.24) is 9.55 Å². The molecule has 1 unspecified atom stereocenters. The lowest BCUT2D eigenvalue weighted by atomic mass is 10.2. The molecule has 19 heavy (non-hydrogen) atoms. The number of nitrogens with one attached hydrogen (secondary N) is 1. The van der Waals surface area contributed by atoms with Crippen LogP contribution in [0, 0.1) is 0 Å². The molecule has 0 amide bonds. The van der Waals surface area contributed by atoms with Crippen LogP contribution in [-0.4, -0.2) is 56.6 Å². The lowest BCUT2D eigenvalue weighted by molar-refractivity contribution is -0.0437. The minimum atomic E-state index is -0.762. The maximum atomic E-state index is 9.89. The van der Waals surface area contributed by atoms with Crippen molar-refractivity contribution in [2.75, 3.05) is 18.5 Å². The topological polar surface area (TPSA) is 112 Å². The highest BCUT2D eigenvalue weighted by atomic mass is 16.5. The summed E-state index contributed by atoms with van der Waals surface area (Å²) in [7, 11) is 0. The number of nitrogens with zero attached hydrogens (tertiary/aromatic N) is 3. The zero-order valence-corrected chi connectivity index (χ0v) is 10.2. The molecule has 0 spiro atoms. The van der Waals surface area contributed by atoms with E-state index in [2.05, 4.69) is 15.3 Å². The smallest absolute Gasteiger partial charge is 0.139 e. The van der Waals surface area contributed by atoms with Crippen LogP contribution in [0.4, 0.5) is 5.82 Å². The molecule has 1 saturated heterocycles. The first kappa shape index (κ1) is 12.5. The van der Waals surface area contributed by atoms with Gasteiger partial charge in [-0.3, -0.25) is 9.56 Å². The molecule has 1 aromatic heterocycles. The van der Waals surface area contributed by atoms with Crippen LogP contribution in [0.3, 0.4) is 0 Å². The zero-order valence-electron chi connectivity index (χ0n) is 10.2. The van der Waals surface area contributed by atoms with E-state index in [4.69, 9.17) is 9.84 Å². The van der Waals surface area contributed by atoms with Crippen LogP contribution >= 0.6 is 0 Å². The quantitative estimate of drug-likeness (QED) is 0.548. The van der Waals surface area contributed by atoms with Crippen molar-refractivity contribution in [1.29, 1.82) is 0 Å². The summed E-state index contributed by atoms with van der Waals surface area (Å²) in [6.07, 6.45) is 0.935. The largest absolute Gasteiger partial charge is 0.394 e. The Kier molecular flexibility index (Phi) is 3.23. The number of imidazole rings is 1. The second kappa shape index (κ2) is 4.89. The van der Waals surface area contributed by atoms with Gasteiger partial charge in [0.2, 0.25) is 0 Å². The highest BCUT2D eigenvalue weighted by Crippen LogP contribution is 2.34. The molecule has 0 saturated carbocycles. The van der Waals surface area contributed by atoms with Crippen molar-refractivity contribution in [2.45, 2.75) is 31.0 Å². The molecule has 3 heterocycles. The summed E-state index contributed by atoms with van der Waals surface area (Å²) in [5, 5.41) is 31.7. The van der Waals surface area contributed by atoms with Gasteiger partial charge < -0.3 is 25.4 Å². The molecule has 4 atom stereocenters. The van der Waals surface area contributed by atoms with E-state index in [1.54, 1.807) is 10.9 Å². The molecule has 2 aliphatic rings. The van der Waals surface area contributed by atoms with E-state index in [9.17, 15) is 10.2 Å². The molecule has 2 aliphatic heterocycles. The molecule has 1 aromatic rings. The molecular weight excluding hydrogens is 252 g/mol. The van der Waals surface area contributed by atoms with E-state index >= 15 is 0 Å². The molecule has 0 aliphatic carbocycles. The van der Waals surface area contributed by atoms with Gasteiger partial charge in [0.15, 0.2) is 0 Å². The number of hydrogen-bond donors (Lipinski definition) is 4. The lowest BCUT2D eigenvalue weighted by Gasteiger charge is -2.16. The summed E-state index contributed by atoms with van der Waals surface area (Å²) in [5.41, 5.74) is 0.503. The lowest BCUT2D eigenvalue weighted by Crippen LogP contribution is -2.24. The number of aromatic nitrogens is 2. The molecule has 0 aromatic carbocycles. The van der Waals surface area contributed by atoms with Crippen LogP contribution in [0.5, 0.6) is 0 Å². The van der Waals surface area contributed by atoms with Crippen molar-refractivity contribution >= 4 is 12.2 Å². The van der Waals surface area contributed by atoms with Crippen LogP contribution in [0.1, 0.15) is 24.4 Å². The summed E-state index contributed by atoms with van der Waals surface area (Å²) in [4.78, 5) is 8.15. The standard InChI is InChI=1S/C11H16N4O4/c16-3-8-6(17)1-9(19-8)15-5-14-10-7(18)2-12-4-13-11(10)15/h4-9,16-18H,1-3H2,(H,12,13)/t6-,7-,8?,9-/m1/s1. The van der Waals surface area contributed by atoms with Crippen molar-refractivity contribution in [2.24, 2.45) is 4.99 Å². The summed E-state index contributed by atoms with van der Waals surface area (Å²) in [6.45, 7) is 0.0243. The molecule has 3 rings (SSSR count). The van der Waals surface area contributed by atoms with Gasteiger partial charge in [-0.05, 0) is 0 Å². The van der Waals surface area contributed by atoms with E-state index in [0.717, 1.165) is 0 Å². The number of aliphatic hydroxyl groups is 3. The third-order valence-electron chi connectivity index (χ3n) is 3.40. The molecule has 0 bridgehead atoms. The second-order valence-electron chi connectivity index (χ2n) is 4.65. The van der Waals surface area contributed by atoms with Gasteiger partial charge in [0, 0.05) is 6.42 Å². The number of rotatable bonds is 2. The number of ether oxygens (including phenoxy) is 1. The van der Waals surface area contributed by atoms with E-state index in [1.165, 1.54) is 6.34 Å². The highest BCUT2D eigenvalue weighted by Gasteiger charge is 2.36. The summed E-state index contributed by atoms with van der Waals surface area (Å²) in [6, 6.07) is 0. The maximum Gasteiger partial charge on any atom is 0.139 e. The fourth-order valence-corrected chi connectivity index (χ4v) is 2.38. The van der Waals surface area contributed by atoms with Crippen molar-refractivity contribution < 1.29 is 20.1 Å². The Balaban J connectivity index is 1.89. The van der Waals surface area contributed by atoms with Gasteiger partial charge in [-0.15, -0.1) is 0 Å². The first-order valence-electron chi connectivity index (χ1n) is 6.14. The van der Waals surface area contributed by atoms with Crippen molar-refractivity contribution in [3.8, 4) is 0 Å². The predicted molar refractivity (Wildman–Crippen MR) is 65.8 cm³/mol. The van der Waals surface area contributed by atoms with Crippen LogP contribution < -0.4 is 5.32 Å². The third kappa shape index (κ3) is 2.12. The zero-order chi connectivity index (χ0) is 13.4. The van der Waals surface area contributed by atoms with Gasteiger partial charge in [-0.25, -0.2) is 4.98 Å². The van der Waals surface area contributed by atoms with Gasteiger partial charge >= 0.3 is 0 Å². The van der Waals surface area contributed by atoms with Crippen LogP contribution in [0.15, 0.2) is 11.3 Å². The monoisotopic (exact) mass is 268 g/mol. The molecule has 8 nitrogen and oxygen atoms in total. The van der Waals surface area contributed by atoms with Crippen LogP contribution in [-0.2, 0) is 4.74 Å². The summed E-state index contributed by atoms with van der Waals surface area (Å²) < 4.78 is 7.27. The summed E-state index contributed by atoms with van der Waals surface area (Å²) in [5.74, 6) is 0.601. The van der Waals surface area contributed by atoms with Crippen LogP contribution in [0.25, 0.3) is 0 Å². The Morgan fingerprint density at radius 1 is 1.47 bits per heavy atom. The third-order valence-corrected chi connectivity index (χ3v) is 3.40. The van der Waals surface area contributed by atoms with E-state index in [-0.39, 0.29) is 13.2 Å². The first-order valence-corrected chi connectivity index (χ1v) is 6.14. The normalized spacial score (nSPS) is 33.8. The Morgan fingerprint density at radius 3 is 3.05 bits per heavy atom. The van der Waals surface area contributed by atoms with Gasteiger partial charge in [0.25, 0.3) is 0 Å². The van der Waals surface area contributed by atoms with Gasteiger partial charge in [-0.1, -0.05) is 0 Å². The molecule has 4 N–H and O–H groups in total. The van der Waals surface area contributed by atoms with Crippen molar-refractivity contribution in [3.63, 3.8) is 0 Å². The van der Waals surface area contributed by atoms with Gasteiger partial charge in [-0.2, -0.15) is 0 Å². The Bertz CT molecular complexity index is 489. The average Bonchev–Trinajstić information content (AvgIpc) is 2.93. The average molecular weight is 268 g/mol. The van der Waals surface area contributed by atoms with Crippen LogP contribution in [0.2, 0.25) is 0 Å². The Morgan fingerprint density at radius 2 is 2.32 bits per heavy atom. The van der Waals surface area contributed by atoms with E-state index in [0.29, 0.717) is 17.9 Å². The maximum absolute atomic E-state index is 9.89. The highest BCUT2D eigenvalue weighted by molar-refractivity contribution is 5.76. The minimum Gasteiger partial charge on any atom is -0.394 e. The second-order valence-corrected chi connectivity index (χ2v) is 4.65. The molecule has 8 heteroatoms. The predicted octanol–water partition coefficient (Wildman–Crippen LogP) is -0.989. The summed E-state index contributed by atoms with van der Waals surface area (Å²) >= 11 is 0. The number of aliphatic imine (C=N–C) groups is 1. The van der Waals surface area contributed by atoms with E-state index < -0.39 is 24.5 Å². The van der Waals surface area contributed by atoms with Gasteiger partial charge in [0.1, 0.15) is 29.9 Å². The van der Waals surface area contributed by atoms with E-state index in [1.807, 2.05) is 0 Å². The first-order chi connectivity index (χ1) is 9.20.